The lowest BCUT2D eigenvalue weighted by Gasteiger charge is -2.20. The van der Waals surface area contributed by atoms with Crippen molar-refractivity contribution in [3.8, 4) is 0 Å². The fourth-order valence-corrected chi connectivity index (χ4v) is 2.88. The predicted octanol–water partition coefficient (Wildman–Crippen LogP) is 0.791. The van der Waals surface area contributed by atoms with E-state index >= 15 is 0 Å². The third-order valence-electron chi connectivity index (χ3n) is 4.17. The van der Waals surface area contributed by atoms with Gasteiger partial charge < -0.3 is 14.8 Å². The van der Waals surface area contributed by atoms with Crippen LogP contribution in [-0.2, 0) is 17.9 Å². The molecule has 6 nitrogen and oxygen atoms in total. The second kappa shape index (κ2) is 7.74. The van der Waals surface area contributed by atoms with Crippen molar-refractivity contribution in [1.29, 1.82) is 0 Å². The molecule has 1 aliphatic rings. The number of nitrogens with zero attached hydrogens (tertiary/aromatic N) is 4. The van der Waals surface area contributed by atoms with E-state index in [4.69, 9.17) is 0 Å². The van der Waals surface area contributed by atoms with E-state index in [0.29, 0.717) is 25.0 Å². The van der Waals surface area contributed by atoms with E-state index in [1.165, 1.54) is 0 Å². The molecule has 0 bridgehead atoms. The quantitative estimate of drug-likeness (QED) is 0.809. The lowest BCUT2D eigenvalue weighted by molar-refractivity contribution is -0.122. The Balaban J connectivity index is 1.75. The van der Waals surface area contributed by atoms with Crippen LogP contribution < -0.4 is 5.32 Å². The number of amides is 1. The Bertz CT molecular complexity index is 483. The van der Waals surface area contributed by atoms with Crippen LogP contribution in [0, 0.1) is 5.92 Å². The number of rotatable bonds is 7. The van der Waals surface area contributed by atoms with Gasteiger partial charge in [-0.1, -0.05) is 13.8 Å². The summed E-state index contributed by atoms with van der Waals surface area (Å²) in [5, 5.41) is 3.01. The molecule has 1 saturated heterocycles. The molecular weight excluding hydrogens is 278 g/mol. The first kappa shape index (κ1) is 17.0. The molecule has 1 fully saturated rings. The van der Waals surface area contributed by atoms with Gasteiger partial charge in [0.25, 0.3) is 0 Å². The molecule has 2 rings (SSSR count). The summed E-state index contributed by atoms with van der Waals surface area (Å²) in [7, 11) is 4.20. The molecule has 1 atom stereocenters. The molecule has 1 aromatic heterocycles. The van der Waals surface area contributed by atoms with Crippen LogP contribution in [0.1, 0.15) is 26.0 Å². The second-order valence-corrected chi connectivity index (χ2v) is 6.85. The average molecular weight is 307 g/mol. The van der Waals surface area contributed by atoms with E-state index in [1.807, 2.05) is 12.5 Å². The second-order valence-electron chi connectivity index (χ2n) is 6.85. The minimum absolute atomic E-state index is 0.0942. The van der Waals surface area contributed by atoms with Crippen LogP contribution in [0.25, 0.3) is 0 Å². The van der Waals surface area contributed by atoms with Gasteiger partial charge in [0.05, 0.1) is 25.1 Å². The van der Waals surface area contributed by atoms with Gasteiger partial charge in [-0.2, -0.15) is 0 Å². The van der Waals surface area contributed by atoms with Crippen LogP contribution in [0.2, 0.25) is 0 Å². The molecule has 22 heavy (non-hydrogen) atoms. The number of imidazole rings is 1. The summed E-state index contributed by atoms with van der Waals surface area (Å²) in [6.07, 6.45) is 4.81. The van der Waals surface area contributed by atoms with Gasteiger partial charge in [0.1, 0.15) is 0 Å². The van der Waals surface area contributed by atoms with Crippen LogP contribution in [0.3, 0.4) is 0 Å². The van der Waals surface area contributed by atoms with E-state index in [2.05, 4.69) is 52.6 Å². The summed E-state index contributed by atoms with van der Waals surface area (Å²) in [6.45, 7) is 8.31. The van der Waals surface area contributed by atoms with Crippen molar-refractivity contribution in [2.45, 2.75) is 39.4 Å². The van der Waals surface area contributed by atoms with Crippen LogP contribution in [0.15, 0.2) is 12.5 Å². The Hall–Kier alpha value is -1.40. The average Bonchev–Trinajstić information content (AvgIpc) is 3.05. The maximum Gasteiger partial charge on any atom is 0.234 e. The topological polar surface area (TPSA) is 53.4 Å². The Kier molecular flexibility index (Phi) is 5.97. The largest absolute Gasteiger partial charge is 0.349 e. The highest BCUT2D eigenvalue weighted by Gasteiger charge is 2.25. The first-order valence-corrected chi connectivity index (χ1v) is 8.10. The number of hydrogen-bond acceptors (Lipinski definition) is 4. The summed E-state index contributed by atoms with van der Waals surface area (Å²) >= 11 is 0. The van der Waals surface area contributed by atoms with Gasteiger partial charge in [0, 0.05) is 31.9 Å². The Morgan fingerprint density at radius 2 is 2.27 bits per heavy atom. The van der Waals surface area contributed by atoms with Crippen molar-refractivity contribution in [2.75, 3.05) is 33.7 Å². The van der Waals surface area contributed by atoms with Gasteiger partial charge in [-0.05, 0) is 26.4 Å². The van der Waals surface area contributed by atoms with Crippen molar-refractivity contribution in [3.05, 3.63) is 18.2 Å². The zero-order valence-electron chi connectivity index (χ0n) is 14.2. The van der Waals surface area contributed by atoms with Gasteiger partial charge in [0.2, 0.25) is 5.91 Å². The summed E-state index contributed by atoms with van der Waals surface area (Å²) in [4.78, 5) is 20.8. The molecule has 1 N–H and O–H groups in total. The van der Waals surface area contributed by atoms with Crippen molar-refractivity contribution in [3.63, 3.8) is 0 Å². The lowest BCUT2D eigenvalue weighted by Crippen LogP contribution is -2.38. The van der Waals surface area contributed by atoms with Gasteiger partial charge >= 0.3 is 0 Å². The molecule has 0 saturated carbocycles. The fraction of sp³-hybridized carbons (Fsp3) is 0.750. The van der Waals surface area contributed by atoms with Gasteiger partial charge in [-0.15, -0.1) is 0 Å². The standard InChI is InChI=1S/C16H29N5O/c1-13(2)9-21-12-17-7-15(21)8-18-16(22)11-20-6-5-14(10-20)19(3)4/h7,12-14H,5-6,8-11H2,1-4H3,(H,18,22)/t14-/m1/s1. The number of likely N-dealkylation sites (tertiary alicyclic amines) is 1. The summed E-state index contributed by atoms with van der Waals surface area (Å²) in [6, 6.07) is 0.570. The van der Waals surface area contributed by atoms with E-state index < -0.39 is 0 Å². The van der Waals surface area contributed by atoms with E-state index in [9.17, 15) is 4.79 Å². The highest BCUT2D eigenvalue weighted by Crippen LogP contribution is 2.12. The number of nitrogens with one attached hydrogen (secondary N) is 1. The van der Waals surface area contributed by atoms with Gasteiger partial charge in [0.15, 0.2) is 0 Å². The third kappa shape index (κ3) is 4.81. The minimum Gasteiger partial charge on any atom is -0.349 e. The molecule has 124 valence electrons. The number of carbonyl (C=O) groups is 1. The molecule has 0 radical (unpaired) electrons. The van der Waals surface area contributed by atoms with Crippen molar-refractivity contribution in [2.24, 2.45) is 5.92 Å². The lowest BCUT2D eigenvalue weighted by atomic mass is 10.2. The Labute approximate surface area is 133 Å². The maximum absolute atomic E-state index is 12.1. The smallest absolute Gasteiger partial charge is 0.234 e. The molecule has 1 amide bonds. The van der Waals surface area contributed by atoms with Crippen LogP contribution in [-0.4, -0.2) is 65.0 Å². The van der Waals surface area contributed by atoms with Crippen LogP contribution in [0.5, 0.6) is 0 Å². The number of hydrogen-bond donors (Lipinski definition) is 1. The molecule has 0 unspecified atom stereocenters. The van der Waals surface area contributed by atoms with E-state index in [1.54, 1.807) is 0 Å². The number of carbonyl (C=O) groups excluding carboxylic acids is 1. The summed E-state index contributed by atoms with van der Waals surface area (Å²) in [5.41, 5.74) is 1.06. The molecule has 2 heterocycles. The summed E-state index contributed by atoms with van der Waals surface area (Å²) < 4.78 is 2.11. The zero-order valence-corrected chi connectivity index (χ0v) is 14.2. The Morgan fingerprint density at radius 3 is 2.91 bits per heavy atom. The molecule has 0 aromatic carbocycles. The first-order chi connectivity index (χ1) is 10.5. The summed E-state index contributed by atoms with van der Waals surface area (Å²) in [5.74, 6) is 0.660. The van der Waals surface area contributed by atoms with Gasteiger partial charge in [-0.25, -0.2) is 4.98 Å². The SMILES string of the molecule is CC(C)Cn1cncc1CNC(=O)CN1CC[C@@H](N(C)C)C1. The minimum atomic E-state index is 0.0942. The molecule has 1 aliphatic heterocycles. The zero-order chi connectivity index (χ0) is 16.1. The highest BCUT2D eigenvalue weighted by molar-refractivity contribution is 5.78. The third-order valence-corrected chi connectivity index (χ3v) is 4.17. The van der Waals surface area contributed by atoms with Crippen molar-refractivity contribution >= 4 is 5.91 Å². The van der Waals surface area contributed by atoms with Crippen molar-refractivity contribution in [1.82, 2.24) is 24.7 Å². The fourth-order valence-electron chi connectivity index (χ4n) is 2.88. The van der Waals surface area contributed by atoms with E-state index in [0.717, 1.165) is 31.7 Å². The monoisotopic (exact) mass is 307 g/mol. The van der Waals surface area contributed by atoms with Crippen LogP contribution >= 0.6 is 0 Å². The molecule has 0 spiro atoms. The van der Waals surface area contributed by atoms with Gasteiger partial charge in [-0.3, -0.25) is 9.69 Å². The Morgan fingerprint density at radius 1 is 1.50 bits per heavy atom. The predicted molar refractivity (Wildman–Crippen MR) is 87.4 cm³/mol. The molecular formula is C16H29N5O. The van der Waals surface area contributed by atoms with Crippen LogP contribution in [0.4, 0.5) is 0 Å². The van der Waals surface area contributed by atoms with Crippen molar-refractivity contribution < 1.29 is 4.79 Å². The normalized spacial score (nSPS) is 19.3. The number of likely N-dealkylation sites (N-methyl/N-ethyl adjacent to an activating group) is 1. The molecule has 6 heteroatoms. The maximum atomic E-state index is 12.1. The molecule has 1 aromatic rings. The highest BCUT2D eigenvalue weighted by atomic mass is 16.2. The van der Waals surface area contributed by atoms with E-state index in [-0.39, 0.29) is 5.91 Å². The first-order valence-electron chi connectivity index (χ1n) is 8.10. The molecule has 0 aliphatic carbocycles. The number of aromatic nitrogens is 2.